The molecule has 0 amide bonds. The minimum Gasteiger partial charge on any atom is -0.493 e. The third-order valence-electron chi connectivity index (χ3n) is 5.85. The number of carbonyl (C=O) groups is 1. The number of aliphatic carboxylic acids is 1. The molecule has 0 radical (unpaired) electrons. The Kier molecular flexibility index (Phi) is 7.16. The van der Waals surface area contributed by atoms with E-state index in [1.165, 1.54) is 18.0 Å². The molecule has 196 valence electrons. The van der Waals surface area contributed by atoms with Crippen molar-refractivity contribution < 1.29 is 23.8 Å². The Morgan fingerprint density at radius 2 is 2.03 bits per heavy atom. The minimum atomic E-state index is -1.11. The monoisotopic (exact) mass is 543 g/mol. The average molecular weight is 544 g/mol. The number of para-hydroxylation sites is 1. The number of aromatic nitrogens is 2. The van der Waals surface area contributed by atoms with Crippen LogP contribution in [0.4, 0.5) is 0 Å². The van der Waals surface area contributed by atoms with E-state index in [1.807, 2.05) is 0 Å². The fourth-order valence-corrected chi connectivity index (χ4v) is 4.33. The van der Waals surface area contributed by atoms with E-state index in [2.05, 4.69) is 16.7 Å². The summed E-state index contributed by atoms with van der Waals surface area (Å²) in [4.78, 5) is 29.3. The van der Waals surface area contributed by atoms with Crippen LogP contribution in [0.25, 0.3) is 33.5 Å². The molecule has 1 N–H and O–H groups in total. The molecule has 0 atom stereocenters. The highest BCUT2D eigenvalue weighted by Crippen LogP contribution is 2.33. The molecule has 0 saturated heterocycles. The molecule has 3 aromatic carbocycles. The maximum Gasteiger partial charge on any atom is 0.341 e. The molecular formula is C29H22ClN3O6. The number of ether oxygens (including phenoxy) is 2. The van der Waals surface area contributed by atoms with Crippen molar-refractivity contribution in [1.82, 2.24) is 9.66 Å². The highest BCUT2D eigenvalue weighted by Gasteiger charge is 2.18. The van der Waals surface area contributed by atoms with Crippen LogP contribution in [-0.2, 0) is 11.2 Å². The van der Waals surface area contributed by atoms with Gasteiger partial charge >= 0.3 is 5.97 Å². The highest BCUT2D eigenvalue weighted by atomic mass is 35.5. The van der Waals surface area contributed by atoms with E-state index in [1.54, 1.807) is 66.7 Å². The first-order chi connectivity index (χ1) is 18.9. The Morgan fingerprint density at radius 1 is 1.21 bits per heavy atom. The normalized spacial score (nSPS) is 11.3. The van der Waals surface area contributed by atoms with E-state index in [9.17, 15) is 9.59 Å². The van der Waals surface area contributed by atoms with Crippen molar-refractivity contribution in [3.63, 3.8) is 0 Å². The number of fused-ring (bicyclic) bond motifs is 2. The van der Waals surface area contributed by atoms with Gasteiger partial charge in [-0.3, -0.25) is 4.79 Å². The zero-order chi connectivity index (χ0) is 27.5. The summed E-state index contributed by atoms with van der Waals surface area (Å²) in [7, 11) is 1.45. The number of allylic oxidation sites excluding steroid dienone is 1. The number of methoxy groups -OCH3 is 1. The lowest BCUT2D eigenvalue weighted by Gasteiger charge is -2.14. The molecule has 2 heterocycles. The molecule has 0 unspecified atom stereocenters. The zero-order valence-electron chi connectivity index (χ0n) is 20.8. The lowest BCUT2D eigenvalue weighted by Crippen LogP contribution is -2.20. The van der Waals surface area contributed by atoms with Crippen LogP contribution in [0.15, 0.2) is 87.6 Å². The number of carboxylic acid groups (broad SMARTS) is 1. The van der Waals surface area contributed by atoms with Gasteiger partial charge < -0.3 is 19.0 Å². The number of nitrogens with zero attached hydrogens (tertiary/aromatic N) is 3. The summed E-state index contributed by atoms with van der Waals surface area (Å²) in [5.41, 5.74) is 1.92. The van der Waals surface area contributed by atoms with Gasteiger partial charge in [0.25, 0.3) is 5.56 Å². The summed E-state index contributed by atoms with van der Waals surface area (Å²) in [5.74, 6) is 0.0472. The van der Waals surface area contributed by atoms with Gasteiger partial charge in [-0.05, 0) is 60.5 Å². The van der Waals surface area contributed by atoms with E-state index in [0.29, 0.717) is 56.3 Å². The summed E-state index contributed by atoms with van der Waals surface area (Å²) in [6.07, 6.45) is 3.53. The number of halogens is 1. The van der Waals surface area contributed by atoms with Crippen molar-refractivity contribution in [3.05, 3.63) is 99.8 Å². The fraction of sp³-hybridized carbons (Fsp3) is 0.103. The molecule has 0 saturated carbocycles. The molecule has 0 fully saturated rings. The van der Waals surface area contributed by atoms with Crippen LogP contribution in [0.1, 0.15) is 11.1 Å². The van der Waals surface area contributed by atoms with Crippen LogP contribution in [0.2, 0.25) is 5.02 Å². The van der Waals surface area contributed by atoms with E-state index in [0.717, 1.165) is 5.39 Å². The first-order valence-electron chi connectivity index (χ1n) is 11.8. The van der Waals surface area contributed by atoms with Crippen molar-refractivity contribution in [2.75, 3.05) is 13.7 Å². The standard InChI is InChI=1S/C29H22ClN3O6/c1-3-6-18-11-17(12-24(37-2)27(18)38-16-26(34)35)15-31-33-28(32-22-8-5-4-7-21(22)29(33)36)25-14-19-13-20(30)9-10-23(19)39-25/h3-5,7-15H,1,6,16H2,2H3,(H,34,35). The van der Waals surface area contributed by atoms with Crippen molar-refractivity contribution in [1.29, 1.82) is 0 Å². The highest BCUT2D eigenvalue weighted by molar-refractivity contribution is 6.31. The number of hydrogen-bond donors (Lipinski definition) is 1. The van der Waals surface area contributed by atoms with Crippen LogP contribution in [0, 0.1) is 0 Å². The van der Waals surface area contributed by atoms with Gasteiger partial charge in [0.05, 0.1) is 24.2 Å². The van der Waals surface area contributed by atoms with Crippen molar-refractivity contribution in [2.45, 2.75) is 6.42 Å². The van der Waals surface area contributed by atoms with Crippen molar-refractivity contribution in [2.24, 2.45) is 5.10 Å². The Bertz CT molecular complexity index is 1820. The molecule has 0 bridgehead atoms. The molecule has 5 aromatic rings. The number of rotatable bonds is 9. The molecule has 0 aliphatic carbocycles. The molecule has 2 aromatic heterocycles. The van der Waals surface area contributed by atoms with Gasteiger partial charge in [0.2, 0.25) is 5.82 Å². The molecule has 9 nitrogen and oxygen atoms in total. The van der Waals surface area contributed by atoms with E-state index in [4.69, 9.17) is 30.6 Å². The van der Waals surface area contributed by atoms with Gasteiger partial charge in [0, 0.05) is 16.0 Å². The third kappa shape index (κ3) is 5.25. The maximum atomic E-state index is 13.5. The van der Waals surface area contributed by atoms with Gasteiger partial charge in [-0.1, -0.05) is 29.8 Å². The van der Waals surface area contributed by atoms with E-state index >= 15 is 0 Å². The second-order valence-electron chi connectivity index (χ2n) is 8.49. The molecule has 0 aliphatic heterocycles. The minimum absolute atomic E-state index is 0.210. The second kappa shape index (κ2) is 10.8. The predicted octanol–water partition coefficient (Wildman–Crippen LogP) is 5.55. The average Bonchev–Trinajstić information content (AvgIpc) is 3.34. The number of benzene rings is 3. The summed E-state index contributed by atoms with van der Waals surface area (Å²) in [5, 5.41) is 15.2. The second-order valence-corrected chi connectivity index (χ2v) is 8.93. The fourth-order valence-electron chi connectivity index (χ4n) is 4.15. The van der Waals surface area contributed by atoms with E-state index in [-0.39, 0.29) is 11.4 Å². The zero-order valence-corrected chi connectivity index (χ0v) is 21.5. The number of carboxylic acids is 1. The molecule has 39 heavy (non-hydrogen) atoms. The van der Waals surface area contributed by atoms with E-state index < -0.39 is 12.6 Å². The summed E-state index contributed by atoms with van der Waals surface area (Å²) in [6, 6.07) is 17.3. The summed E-state index contributed by atoms with van der Waals surface area (Å²) in [6.45, 7) is 3.23. The van der Waals surface area contributed by atoms with Gasteiger partial charge in [-0.15, -0.1) is 6.58 Å². The Balaban J connectivity index is 1.65. The van der Waals surface area contributed by atoms with Crippen LogP contribution < -0.4 is 15.0 Å². The molecule has 0 spiro atoms. The van der Waals surface area contributed by atoms with Crippen LogP contribution in [0.5, 0.6) is 11.5 Å². The smallest absolute Gasteiger partial charge is 0.341 e. The van der Waals surface area contributed by atoms with Crippen LogP contribution in [0.3, 0.4) is 0 Å². The van der Waals surface area contributed by atoms with Gasteiger partial charge in [-0.2, -0.15) is 9.78 Å². The third-order valence-corrected chi connectivity index (χ3v) is 6.09. The Hall–Kier alpha value is -4.89. The van der Waals surface area contributed by atoms with Crippen LogP contribution >= 0.6 is 11.6 Å². The van der Waals surface area contributed by atoms with Gasteiger partial charge in [-0.25, -0.2) is 9.78 Å². The largest absolute Gasteiger partial charge is 0.493 e. The molecule has 10 heteroatoms. The van der Waals surface area contributed by atoms with Crippen molar-refractivity contribution in [3.8, 4) is 23.1 Å². The first kappa shape index (κ1) is 25.7. The maximum absolute atomic E-state index is 13.5. The quantitative estimate of drug-likeness (QED) is 0.191. The lowest BCUT2D eigenvalue weighted by molar-refractivity contribution is -0.139. The topological polar surface area (TPSA) is 116 Å². The molecule has 0 aliphatic rings. The summed E-state index contributed by atoms with van der Waals surface area (Å²) >= 11 is 6.14. The number of hydrogen-bond acceptors (Lipinski definition) is 7. The molecular weight excluding hydrogens is 522 g/mol. The molecule has 5 rings (SSSR count). The van der Waals surface area contributed by atoms with Gasteiger partial charge in [0.15, 0.2) is 23.9 Å². The summed E-state index contributed by atoms with van der Waals surface area (Å²) < 4.78 is 18.1. The SMILES string of the molecule is C=CCc1cc(C=Nn2c(-c3cc4cc(Cl)ccc4o3)nc3ccccc3c2=O)cc(OC)c1OCC(=O)O. The lowest BCUT2D eigenvalue weighted by atomic mass is 10.1. The van der Waals surface area contributed by atoms with Gasteiger partial charge in [0.1, 0.15) is 5.58 Å². The first-order valence-corrected chi connectivity index (χ1v) is 12.2. The number of furan rings is 1. The van der Waals surface area contributed by atoms with Crippen molar-refractivity contribution >= 4 is 45.7 Å². The Labute approximate surface area is 227 Å². The predicted molar refractivity (Wildman–Crippen MR) is 149 cm³/mol. The Morgan fingerprint density at radius 3 is 2.79 bits per heavy atom. The van der Waals surface area contributed by atoms with Crippen LogP contribution in [-0.4, -0.2) is 40.7 Å².